The number of para-hydroxylation sites is 1. The van der Waals surface area contributed by atoms with Crippen LogP contribution < -0.4 is 5.32 Å². The van der Waals surface area contributed by atoms with Crippen molar-refractivity contribution in [1.29, 1.82) is 0 Å². The van der Waals surface area contributed by atoms with Crippen molar-refractivity contribution in [2.75, 3.05) is 5.32 Å². The van der Waals surface area contributed by atoms with Crippen LogP contribution >= 0.6 is 23.4 Å². The predicted octanol–water partition coefficient (Wildman–Crippen LogP) is 6.24. The summed E-state index contributed by atoms with van der Waals surface area (Å²) in [5.74, 6) is 1.53. The van der Waals surface area contributed by atoms with Crippen molar-refractivity contribution in [1.82, 2.24) is 10.1 Å². The van der Waals surface area contributed by atoms with E-state index in [-0.39, 0.29) is 5.91 Å². The Morgan fingerprint density at radius 1 is 1.03 bits per heavy atom. The molecule has 150 valence electrons. The number of thioether (sulfide) groups is 1. The number of halogens is 1. The van der Waals surface area contributed by atoms with Crippen LogP contribution in [0.4, 0.5) is 5.69 Å². The molecule has 1 amide bonds. The highest BCUT2D eigenvalue weighted by atomic mass is 35.5. The fourth-order valence-corrected chi connectivity index (χ4v) is 3.82. The van der Waals surface area contributed by atoms with E-state index < -0.39 is 0 Å². The van der Waals surface area contributed by atoms with Gasteiger partial charge in [-0.15, -0.1) is 11.8 Å². The average Bonchev–Trinajstić information content (AvgIpc) is 3.20. The zero-order valence-electron chi connectivity index (χ0n) is 16.1. The monoisotopic (exact) mass is 435 g/mol. The van der Waals surface area contributed by atoms with E-state index >= 15 is 0 Å². The van der Waals surface area contributed by atoms with Crippen molar-refractivity contribution in [3.05, 3.63) is 94.8 Å². The van der Waals surface area contributed by atoms with Crippen molar-refractivity contribution in [2.24, 2.45) is 0 Å². The van der Waals surface area contributed by atoms with Crippen LogP contribution in [0.1, 0.15) is 21.8 Å². The Bertz CT molecular complexity index is 1160. The summed E-state index contributed by atoms with van der Waals surface area (Å²) in [6, 6.07) is 22.7. The maximum absolute atomic E-state index is 12.7. The molecule has 1 aromatic heterocycles. The van der Waals surface area contributed by atoms with Gasteiger partial charge in [-0.2, -0.15) is 4.98 Å². The Morgan fingerprint density at radius 3 is 2.47 bits per heavy atom. The Morgan fingerprint density at radius 2 is 1.77 bits per heavy atom. The molecule has 0 aliphatic rings. The van der Waals surface area contributed by atoms with Crippen LogP contribution in [0.3, 0.4) is 0 Å². The Hall–Kier alpha value is -3.09. The van der Waals surface area contributed by atoms with E-state index in [1.807, 2.05) is 72.8 Å². The highest BCUT2D eigenvalue weighted by molar-refractivity contribution is 7.98. The van der Waals surface area contributed by atoms with Crippen molar-refractivity contribution in [3.63, 3.8) is 0 Å². The molecule has 0 fully saturated rings. The zero-order chi connectivity index (χ0) is 20.9. The fraction of sp³-hybridized carbons (Fsp3) is 0.0870. The van der Waals surface area contributed by atoms with Gasteiger partial charge in [0, 0.05) is 33.7 Å². The van der Waals surface area contributed by atoms with Gasteiger partial charge in [-0.3, -0.25) is 4.79 Å². The van der Waals surface area contributed by atoms with Gasteiger partial charge in [0.05, 0.1) is 5.69 Å². The molecule has 7 heteroatoms. The molecule has 0 bridgehead atoms. The van der Waals surface area contributed by atoms with Crippen LogP contribution in [0.5, 0.6) is 0 Å². The third kappa shape index (κ3) is 4.90. The van der Waals surface area contributed by atoms with Crippen LogP contribution in [0.2, 0.25) is 5.02 Å². The number of carbonyl (C=O) groups excluding carboxylic acids is 1. The zero-order valence-corrected chi connectivity index (χ0v) is 17.7. The molecule has 0 spiro atoms. The van der Waals surface area contributed by atoms with E-state index in [2.05, 4.69) is 15.5 Å². The maximum atomic E-state index is 12.7. The molecular formula is C23H18ClN3O2S. The van der Waals surface area contributed by atoms with Gasteiger partial charge < -0.3 is 9.84 Å². The summed E-state index contributed by atoms with van der Waals surface area (Å²) in [5, 5.41) is 7.61. The molecule has 1 N–H and O–H groups in total. The number of nitrogens with zero attached hydrogens (tertiary/aromatic N) is 2. The Balaban J connectivity index is 1.43. The minimum Gasteiger partial charge on any atom is -0.339 e. The van der Waals surface area contributed by atoms with Gasteiger partial charge in [0.15, 0.2) is 0 Å². The molecule has 0 saturated carbocycles. The molecule has 5 nitrogen and oxygen atoms in total. The van der Waals surface area contributed by atoms with Crippen molar-refractivity contribution in [3.8, 4) is 11.4 Å². The van der Waals surface area contributed by atoms with Gasteiger partial charge in [0.1, 0.15) is 0 Å². The van der Waals surface area contributed by atoms with Gasteiger partial charge in [-0.1, -0.05) is 41.0 Å². The minimum absolute atomic E-state index is 0.195. The van der Waals surface area contributed by atoms with Gasteiger partial charge in [-0.25, -0.2) is 0 Å². The summed E-state index contributed by atoms with van der Waals surface area (Å²) >= 11 is 7.64. The third-order valence-electron chi connectivity index (χ3n) is 4.38. The van der Waals surface area contributed by atoms with Crippen LogP contribution in [-0.4, -0.2) is 16.0 Å². The number of hydrogen-bond acceptors (Lipinski definition) is 5. The van der Waals surface area contributed by atoms with E-state index in [1.165, 1.54) is 0 Å². The molecular weight excluding hydrogens is 418 g/mol. The molecule has 0 radical (unpaired) electrons. The van der Waals surface area contributed by atoms with Crippen LogP contribution in [0.25, 0.3) is 11.4 Å². The lowest BCUT2D eigenvalue weighted by molar-refractivity contribution is 0.102. The summed E-state index contributed by atoms with van der Waals surface area (Å²) in [6.07, 6.45) is 0. The molecule has 0 unspecified atom stereocenters. The first kappa shape index (κ1) is 20.2. The first-order valence-corrected chi connectivity index (χ1v) is 10.6. The van der Waals surface area contributed by atoms with Crippen LogP contribution in [0.15, 0.2) is 82.2 Å². The predicted molar refractivity (Wildman–Crippen MR) is 120 cm³/mol. The van der Waals surface area contributed by atoms with Gasteiger partial charge >= 0.3 is 0 Å². The highest BCUT2D eigenvalue weighted by Crippen LogP contribution is 2.27. The molecule has 0 aliphatic heterocycles. The fourth-order valence-electron chi connectivity index (χ4n) is 2.84. The lowest BCUT2D eigenvalue weighted by Gasteiger charge is -2.09. The topological polar surface area (TPSA) is 68.0 Å². The molecule has 30 heavy (non-hydrogen) atoms. The van der Waals surface area contributed by atoms with Gasteiger partial charge in [-0.05, 0) is 54.1 Å². The minimum atomic E-state index is -0.195. The lowest BCUT2D eigenvalue weighted by atomic mass is 10.1. The molecule has 0 aliphatic carbocycles. The second-order valence-corrected chi connectivity index (χ2v) is 8.06. The van der Waals surface area contributed by atoms with E-state index in [1.54, 1.807) is 18.7 Å². The number of benzene rings is 3. The number of anilines is 1. The second-order valence-electron chi connectivity index (χ2n) is 6.58. The maximum Gasteiger partial charge on any atom is 0.255 e. The summed E-state index contributed by atoms with van der Waals surface area (Å²) in [6.45, 7) is 1.73. The quantitative estimate of drug-likeness (QED) is 0.363. The number of carbonyl (C=O) groups is 1. The number of amides is 1. The number of aryl methyl sites for hydroxylation is 1. The van der Waals surface area contributed by atoms with Crippen molar-refractivity contribution >= 4 is 35.0 Å². The van der Waals surface area contributed by atoms with Crippen molar-refractivity contribution in [2.45, 2.75) is 17.6 Å². The summed E-state index contributed by atoms with van der Waals surface area (Å²) < 4.78 is 5.06. The van der Waals surface area contributed by atoms with E-state index in [4.69, 9.17) is 16.1 Å². The Labute approximate surface area is 183 Å². The smallest absolute Gasteiger partial charge is 0.255 e. The Kier molecular flexibility index (Phi) is 6.16. The van der Waals surface area contributed by atoms with Gasteiger partial charge in [0.2, 0.25) is 11.7 Å². The van der Waals surface area contributed by atoms with Gasteiger partial charge in [0.25, 0.3) is 5.91 Å². The van der Waals surface area contributed by atoms with Crippen LogP contribution in [-0.2, 0) is 5.75 Å². The SMILES string of the molecule is Cc1nc(-c2ccccc2NC(=O)c2ccc(CSc3ccc(Cl)cc3)cc2)no1. The largest absolute Gasteiger partial charge is 0.339 e. The highest BCUT2D eigenvalue weighted by Gasteiger charge is 2.14. The molecule has 0 saturated heterocycles. The van der Waals surface area contributed by atoms with E-state index in [0.29, 0.717) is 28.5 Å². The average molecular weight is 436 g/mol. The molecule has 3 aromatic carbocycles. The molecule has 0 atom stereocenters. The van der Waals surface area contributed by atoms with Crippen molar-refractivity contribution < 1.29 is 9.32 Å². The number of nitrogens with one attached hydrogen (secondary N) is 1. The number of aromatic nitrogens is 2. The lowest BCUT2D eigenvalue weighted by Crippen LogP contribution is -2.12. The number of rotatable bonds is 6. The summed E-state index contributed by atoms with van der Waals surface area (Å²) in [5.41, 5.74) is 3.05. The first-order chi connectivity index (χ1) is 14.6. The number of hydrogen-bond donors (Lipinski definition) is 1. The molecule has 4 aromatic rings. The van der Waals surface area contributed by atoms with E-state index in [9.17, 15) is 4.79 Å². The third-order valence-corrected chi connectivity index (χ3v) is 5.71. The van der Waals surface area contributed by atoms with Crippen LogP contribution in [0, 0.1) is 6.92 Å². The summed E-state index contributed by atoms with van der Waals surface area (Å²) in [4.78, 5) is 18.1. The molecule has 4 rings (SSSR count). The molecule has 1 heterocycles. The van der Waals surface area contributed by atoms with E-state index in [0.717, 1.165) is 21.2 Å². The standard InChI is InChI=1S/C23H18ClN3O2S/c1-15-25-22(27-29-15)20-4-2-3-5-21(20)26-23(28)17-8-6-16(7-9-17)14-30-19-12-10-18(24)11-13-19/h2-13H,14H2,1H3,(H,26,28). The first-order valence-electron chi connectivity index (χ1n) is 9.27. The summed E-state index contributed by atoms with van der Waals surface area (Å²) in [7, 11) is 0. The second kappa shape index (κ2) is 9.15. The normalized spacial score (nSPS) is 10.7.